The summed E-state index contributed by atoms with van der Waals surface area (Å²) in [6.07, 6.45) is 1.39. The molecule has 28 heavy (non-hydrogen) atoms. The molecular formula is C20H22N2O5S. The molecule has 0 N–H and O–H groups in total. The minimum absolute atomic E-state index is 0.171. The molecule has 0 amide bonds. The number of benzene rings is 1. The van der Waals surface area contributed by atoms with E-state index in [1.807, 2.05) is 31.4 Å². The van der Waals surface area contributed by atoms with Gasteiger partial charge in [-0.1, -0.05) is 19.9 Å². The number of hydrogen-bond acceptors (Lipinski definition) is 7. The molecular weight excluding hydrogens is 380 g/mol. The van der Waals surface area contributed by atoms with Gasteiger partial charge in [0.15, 0.2) is 11.5 Å². The molecule has 7 nitrogen and oxygen atoms in total. The van der Waals surface area contributed by atoms with Gasteiger partial charge in [0.1, 0.15) is 11.4 Å². The summed E-state index contributed by atoms with van der Waals surface area (Å²) in [5, 5.41) is 2.35. The van der Waals surface area contributed by atoms with Gasteiger partial charge in [-0.05, 0) is 23.6 Å². The van der Waals surface area contributed by atoms with Gasteiger partial charge in [0.25, 0.3) is 5.56 Å². The Morgan fingerprint density at radius 3 is 2.64 bits per heavy atom. The van der Waals surface area contributed by atoms with Gasteiger partial charge in [0.05, 0.1) is 32.5 Å². The zero-order chi connectivity index (χ0) is 20.3. The van der Waals surface area contributed by atoms with Crippen molar-refractivity contribution in [2.75, 3.05) is 20.8 Å². The van der Waals surface area contributed by atoms with E-state index in [0.717, 1.165) is 11.1 Å². The second-order valence-corrected chi connectivity index (χ2v) is 7.51. The SMILES string of the molecule is COc1ccc(-c2csc3ncn(CC(=O)OCC(C)C)c(=O)c23)cc1OC. The van der Waals surface area contributed by atoms with Crippen LogP contribution in [0.1, 0.15) is 13.8 Å². The molecule has 0 fully saturated rings. The fourth-order valence-corrected chi connectivity index (χ4v) is 3.65. The number of thiophene rings is 1. The summed E-state index contributed by atoms with van der Waals surface area (Å²) in [5.41, 5.74) is 1.27. The van der Waals surface area contributed by atoms with Crippen LogP contribution in [0, 0.1) is 5.92 Å². The van der Waals surface area contributed by atoms with Gasteiger partial charge >= 0.3 is 5.97 Å². The molecule has 0 bridgehead atoms. The third-order valence-electron chi connectivity index (χ3n) is 4.13. The van der Waals surface area contributed by atoms with Crippen LogP contribution in [0.25, 0.3) is 21.3 Å². The summed E-state index contributed by atoms with van der Waals surface area (Å²) in [4.78, 5) is 30.0. The molecule has 2 aromatic heterocycles. The lowest BCUT2D eigenvalue weighted by atomic mass is 10.1. The van der Waals surface area contributed by atoms with Gasteiger partial charge in [0, 0.05) is 10.9 Å². The number of carbonyl (C=O) groups excluding carboxylic acids is 1. The molecule has 8 heteroatoms. The third-order valence-corrected chi connectivity index (χ3v) is 5.02. The van der Waals surface area contributed by atoms with Crippen LogP contribution in [0.15, 0.2) is 34.7 Å². The first-order chi connectivity index (χ1) is 13.4. The number of methoxy groups -OCH3 is 2. The highest BCUT2D eigenvalue weighted by molar-refractivity contribution is 7.17. The molecule has 148 valence electrons. The average Bonchev–Trinajstić information content (AvgIpc) is 3.13. The lowest BCUT2D eigenvalue weighted by Crippen LogP contribution is -2.26. The molecule has 0 saturated heterocycles. The van der Waals surface area contributed by atoms with Crippen molar-refractivity contribution in [1.29, 1.82) is 0 Å². The fourth-order valence-electron chi connectivity index (χ4n) is 2.74. The van der Waals surface area contributed by atoms with Crippen LogP contribution in [0.4, 0.5) is 0 Å². The van der Waals surface area contributed by atoms with Crippen molar-refractivity contribution in [2.24, 2.45) is 5.92 Å². The smallest absolute Gasteiger partial charge is 0.326 e. The number of carbonyl (C=O) groups is 1. The van der Waals surface area contributed by atoms with E-state index in [0.29, 0.717) is 28.3 Å². The summed E-state index contributed by atoms with van der Waals surface area (Å²) < 4.78 is 17.1. The first-order valence-corrected chi connectivity index (χ1v) is 9.67. The molecule has 0 aliphatic carbocycles. The maximum atomic E-state index is 13.0. The van der Waals surface area contributed by atoms with Crippen molar-refractivity contribution < 1.29 is 19.0 Å². The summed E-state index contributed by atoms with van der Waals surface area (Å²) in [5.74, 6) is 0.949. The van der Waals surface area contributed by atoms with Gasteiger partial charge in [0.2, 0.25) is 0 Å². The van der Waals surface area contributed by atoms with Gasteiger partial charge < -0.3 is 14.2 Å². The molecule has 0 saturated carbocycles. The number of fused-ring (bicyclic) bond motifs is 1. The van der Waals surface area contributed by atoms with Crippen molar-refractivity contribution in [2.45, 2.75) is 20.4 Å². The number of nitrogens with zero attached hydrogens (tertiary/aromatic N) is 2. The molecule has 0 radical (unpaired) electrons. The summed E-state index contributed by atoms with van der Waals surface area (Å²) in [7, 11) is 3.13. The lowest BCUT2D eigenvalue weighted by Gasteiger charge is -2.10. The Morgan fingerprint density at radius 2 is 1.96 bits per heavy atom. The number of rotatable bonds is 7. The van der Waals surface area contributed by atoms with Crippen molar-refractivity contribution >= 4 is 27.5 Å². The Hall–Kier alpha value is -2.87. The predicted octanol–water partition coefficient (Wildman–Crippen LogP) is 3.34. The quantitative estimate of drug-likeness (QED) is 0.564. The third kappa shape index (κ3) is 4.01. The van der Waals surface area contributed by atoms with Gasteiger partial charge in [-0.3, -0.25) is 14.2 Å². The maximum absolute atomic E-state index is 13.0. The van der Waals surface area contributed by atoms with E-state index in [1.54, 1.807) is 20.3 Å². The monoisotopic (exact) mass is 402 g/mol. The van der Waals surface area contributed by atoms with E-state index in [9.17, 15) is 9.59 Å². The van der Waals surface area contributed by atoms with Crippen molar-refractivity contribution in [1.82, 2.24) is 9.55 Å². The van der Waals surface area contributed by atoms with Crippen molar-refractivity contribution in [3.63, 3.8) is 0 Å². The minimum atomic E-state index is -0.458. The predicted molar refractivity (Wildman–Crippen MR) is 108 cm³/mol. The van der Waals surface area contributed by atoms with E-state index in [2.05, 4.69) is 4.98 Å². The largest absolute Gasteiger partial charge is 0.493 e. The first kappa shape index (κ1) is 19.9. The summed E-state index contributed by atoms with van der Waals surface area (Å²) >= 11 is 1.38. The zero-order valence-corrected chi connectivity index (χ0v) is 17.0. The van der Waals surface area contributed by atoms with Gasteiger partial charge in [-0.25, -0.2) is 4.98 Å². The van der Waals surface area contributed by atoms with Crippen molar-refractivity contribution in [3.05, 3.63) is 40.3 Å². The van der Waals surface area contributed by atoms with E-state index in [4.69, 9.17) is 14.2 Å². The average molecular weight is 402 g/mol. The highest BCUT2D eigenvalue weighted by atomic mass is 32.1. The van der Waals surface area contributed by atoms with Crippen LogP contribution in [0.5, 0.6) is 11.5 Å². The van der Waals surface area contributed by atoms with Crippen LogP contribution in [-0.4, -0.2) is 36.3 Å². The van der Waals surface area contributed by atoms with Crippen LogP contribution in [0.3, 0.4) is 0 Å². The Bertz CT molecular complexity index is 1050. The molecule has 0 aliphatic rings. The molecule has 0 atom stereocenters. The maximum Gasteiger partial charge on any atom is 0.326 e. The first-order valence-electron chi connectivity index (χ1n) is 8.79. The van der Waals surface area contributed by atoms with Gasteiger partial charge in [-0.2, -0.15) is 0 Å². The Morgan fingerprint density at radius 1 is 1.21 bits per heavy atom. The van der Waals surface area contributed by atoms with Crippen LogP contribution in [0.2, 0.25) is 0 Å². The molecule has 3 rings (SSSR count). The normalized spacial score (nSPS) is 11.0. The van der Waals surface area contributed by atoms with Crippen LogP contribution >= 0.6 is 11.3 Å². The fraction of sp³-hybridized carbons (Fsp3) is 0.350. The molecule has 2 heterocycles. The molecule has 0 unspecified atom stereocenters. The van der Waals surface area contributed by atoms with E-state index in [-0.39, 0.29) is 18.0 Å². The molecule has 0 aliphatic heterocycles. The lowest BCUT2D eigenvalue weighted by molar-refractivity contribution is -0.145. The Labute approximate surface area is 166 Å². The summed E-state index contributed by atoms with van der Waals surface area (Å²) in [6.45, 7) is 4.05. The van der Waals surface area contributed by atoms with E-state index >= 15 is 0 Å². The van der Waals surface area contributed by atoms with Crippen LogP contribution in [-0.2, 0) is 16.1 Å². The van der Waals surface area contributed by atoms with E-state index < -0.39 is 5.97 Å². The summed E-state index contributed by atoms with van der Waals surface area (Å²) in [6, 6.07) is 5.46. The van der Waals surface area contributed by atoms with Gasteiger partial charge in [-0.15, -0.1) is 11.3 Å². The van der Waals surface area contributed by atoms with Crippen LogP contribution < -0.4 is 15.0 Å². The molecule has 3 aromatic rings. The van der Waals surface area contributed by atoms with Crippen molar-refractivity contribution in [3.8, 4) is 22.6 Å². The molecule has 1 aromatic carbocycles. The zero-order valence-electron chi connectivity index (χ0n) is 16.2. The Balaban J connectivity index is 2.00. The standard InChI is InChI=1S/C20H22N2O5S/c1-12(2)9-27-17(23)8-22-11-21-19-18(20(22)24)14(10-28-19)13-5-6-15(25-3)16(7-13)26-4/h5-7,10-12H,8-9H2,1-4H3. The number of ether oxygens (including phenoxy) is 3. The number of aromatic nitrogens is 2. The Kier molecular flexibility index (Phi) is 5.99. The molecule has 0 spiro atoms. The topological polar surface area (TPSA) is 79.7 Å². The second kappa shape index (κ2) is 8.43. The minimum Gasteiger partial charge on any atom is -0.493 e. The highest BCUT2D eigenvalue weighted by Gasteiger charge is 2.16. The number of hydrogen-bond donors (Lipinski definition) is 0. The van der Waals surface area contributed by atoms with E-state index in [1.165, 1.54) is 22.2 Å². The second-order valence-electron chi connectivity index (χ2n) is 6.65. The highest BCUT2D eigenvalue weighted by Crippen LogP contribution is 2.36. The number of esters is 1.